The Balaban J connectivity index is 1.70. The van der Waals surface area contributed by atoms with Gasteiger partial charge >= 0.3 is 0 Å². The van der Waals surface area contributed by atoms with E-state index in [1.165, 1.54) is 0 Å². The van der Waals surface area contributed by atoms with Crippen molar-refractivity contribution in [2.24, 2.45) is 0 Å². The maximum atomic E-state index is 12.0. The number of hydrogen-bond donors (Lipinski definition) is 1. The minimum absolute atomic E-state index is 0.175. The van der Waals surface area contributed by atoms with Gasteiger partial charge in [0.15, 0.2) is 6.10 Å². The van der Waals surface area contributed by atoms with Crippen molar-refractivity contribution < 1.29 is 14.3 Å². The molecule has 2 aromatic rings. The minimum atomic E-state index is -0.563. The zero-order chi connectivity index (χ0) is 16.7. The number of carbonyl (C=O) groups is 1. The molecule has 0 aliphatic rings. The topological polar surface area (TPSA) is 47.6 Å². The van der Waals surface area contributed by atoms with Gasteiger partial charge < -0.3 is 14.8 Å². The van der Waals surface area contributed by atoms with Gasteiger partial charge in [0.25, 0.3) is 5.91 Å². The van der Waals surface area contributed by atoms with Crippen molar-refractivity contribution in [3.63, 3.8) is 0 Å². The molecule has 0 saturated heterocycles. The SMILES string of the molecule is Cc1cccc(O[C@H](C)C(=O)NCCOc2ccc(Cl)cc2)c1. The highest BCUT2D eigenvalue weighted by Gasteiger charge is 2.14. The largest absolute Gasteiger partial charge is 0.492 e. The molecule has 0 spiro atoms. The average Bonchev–Trinajstić information content (AvgIpc) is 2.53. The summed E-state index contributed by atoms with van der Waals surface area (Å²) in [5.74, 6) is 1.23. The molecule has 0 aromatic heterocycles. The summed E-state index contributed by atoms with van der Waals surface area (Å²) in [6.07, 6.45) is -0.563. The third-order valence-corrected chi connectivity index (χ3v) is 3.41. The number of benzene rings is 2. The second-order valence-electron chi connectivity index (χ2n) is 5.17. The number of halogens is 1. The number of aryl methyl sites for hydroxylation is 1. The molecule has 0 fully saturated rings. The summed E-state index contributed by atoms with van der Waals surface area (Å²) in [4.78, 5) is 12.0. The summed E-state index contributed by atoms with van der Waals surface area (Å²) in [7, 11) is 0. The first-order valence-electron chi connectivity index (χ1n) is 7.44. The second kappa shape index (κ2) is 8.44. The van der Waals surface area contributed by atoms with Gasteiger partial charge in [-0.25, -0.2) is 0 Å². The van der Waals surface area contributed by atoms with Crippen LogP contribution in [0.5, 0.6) is 11.5 Å². The number of rotatable bonds is 7. The third kappa shape index (κ3) is 5.83. The summed E-state index contributed by atoms with van der Waals surface area (Å²) >= 11 is 5.80. The van der Waals surface area contributed by atoms with Crippen molar-refractivity contribution in [1.82, 2.24) is 5.32 Å². The van der Waals surface area contributed by atoms with Crippen molar-refractivity contribution in [2.45, 2.75) is 20.0 Å². The number of nitrogens with one attached hydrogen (secondary N) is 1. The van der Waals surface area contributed by atoms with Crippen LogP contribution in [-0.2, 0) is 4.79 Å². The first-order chi connectivity index (χ1) is 11.0. The molecular formula is C18H20ClNO3. The Hall–Kier alpha value is -2.20. The number of carbonyl (C=O) groups excluding carboxylic acids is 1. The molecule has 122 valence electrons. The van der Waals surface area contributed by atoms with Crippen molar-refractivity contribution in [2.75, 3.05) is 13.2 Å². The summed E-state index contributed by atoms with van der Waals surface area (Å²) in [6.45, 7) is 4.48. The molecule has 0 saturated carbocycles. The number of hydrogen-bond acceptors (Lipinski definition) is 3. The molecule has 1 N–H and O–H groups in total. The monoisotopic (exact) mass is 333 g/mol. The Bertz CT molecular complexity index is 643. The lowest BCUT2D eigenvalue weighted by atomic mass is 10.2. The predicted molar refractivity (Wildman–Crippen MR) is 91.2 cm³/mol. The predicted octanol–water partition coefficient (Wildman–Crippen LogP) is 3.61. The Morgan fingerprint density at radius 2 is 1.91 bits per heavy atom. The maximum Gasteiger partial charge on any atom is 0.260 e. The van der Waals surface area contributed by atoms with Crippen LogP contribution in [0, 0.1) is 6.92 Å². The molecule has 0 unspecified atom stereocenters. The molecule has 0 heterocycles. The van der Waals surface area contributed by atoms with Crippen LogP contribution in [0.3, 0.4) is 0 Å². The summed E-state index contributed by atoms with van der Waals surface area (Å²) in [6, 6.07) is 14.7. The van der Waals surface area contributed by atoms with Crippen LogP contribution in [-0.4, -0.2) is 25.2 Å². The van der Waals surface area contributed by atoms with E-state index in [1.54, 1.807) is 31.2 Å². The molecule has 2 rings (SSSR count). The van der Waals surface area contributed by atoms with Crippen molar-refractivity contribution in [3.05, 3.63) is 59.1 Å². The Labute approximate surface area is 141 Å². The molecule has 1 amide bonds. The van der Waals surface area contributed by atoms with Crippen molar-refractivity contribution in [1.29, 1.82) is 0 Å². The first-order valence-corrected chi connectivity index (χ1v) is 7.82. The van der Waals surface area contributed by atoms with Crippen LogP contribution in [0.15, 0.2) is 48.5 Å². The lowest BCUT2D eigenvalue weighted by Gasteiger charge is -2.15. The normalized spacial score (nSPS) is 11.6. The molecule has 0 bridgehead atoms. The van der Waals surface area contributed by atoms with Gasteiger partial charge in [-0.15, -0.1) is 0 Å². The summed E-state index contributed by atoms with van der Waals surface area (Å²) in [5, 5.41) is 3.44. The second-order valence-corrected chi connectivity index (χ2v) is 5.61. The van der Waals surface area contributed by atoms with Crippen LogP contribution in [0.1, 0.15) is 12.5 Å². The van der Waals surface area contributed by atoms with E-state index in [0.717, 1.165) is 5.56 Å². The standard InChI is InChI=1S/C18H20ClNO3/c1-13-4-3-5-17(12-13)23-14(2)18(21)20-10-11-22-16-8-6-15(19)7-9-16/h3-9,12,14H,10-11H2,1-2H3,(H,20,21)/t14-/m1/s1. The Morgan fingerprint density at radius 1 is 1.17 bits per heavy atom. The Kier molecular flexibility index (Phi) is 6.29. The quantitative estimate of drug-likeness (QED) is 0.787. The van der Waals surface area contributed by atoms with Gasteiger partial charge in [0.1, 0.15) is 18.1 Å². The van der Waals surface area contributed by atoms with Crippen LogP contribution in [0.25, 0.3) is 0 Å². The molecule has 0 radical (unpaired) electrons. The zero-order valence-corrected chi connectivity index (χ0v) is 14.0. The van der Waals surface area contributed by atoms with E-state index in [4.69, 9.17) is 21.1 Å². The lowest BCUT2D eigenvalue weighted by Crippen LogP contribution is -2.38. The zero-order valence-electron chi connectivity index (χ0n) is 13.2. The van der Waals surface area contributed by atoms with Gasteiger partial charge in [-0.1, -0.05) is 23.7 Å². The smallest absolute Gasteiger partial charge is 0.260 e. The van der Waals surface area contributed by atoms with Crippen molar-refractivity contribution in [3.8, 4) is 11.5 Å². The fourth-order valence-electron chi connectivity index (χ4n) is 1.96. The van der Waals surface area contributed by atoms with Gasteiger partial charge in [-0.05, 0) is 55.8 Å². The number of amides is 1. The van der Waals surface area contributed by atoms with Gasteiger partial charge in [0, 0.05) is 5.02 Å². The fraction of sp³-hybridized carbons (Fsp3) is 0.278. The van der Waals surface area contributed by atoms with E-state index in [-0.39, 0.29) is 5.91 Å². The summed E-state index contributed by atoms with van der Waals surface area (Å²) < 4.78 is 11.1. The molecule has 2 aromatic carbocycles. The van der Waals surface area contributed by atoms with Crippen LogP contribution in [0.4, 0.5) is 0 Å². The summed E-state index contributed by atoms with van der Waals surface area (Å²) in [5.41, 5.74) is 1.09. The highest BCUT2D eigenvalue weighted by atomic mass is 35.5. The number of ether oxygens (including phenoxy) is 2. The van der Waals surface area contributed by atoms with Gasteiger partial charge in [-0.3, -0.25) is 4.79 Å². The highest BCUT2D eigenvalue weighted by Crippen LogP contribution is 2.15. The van der Waals surface area contributed by atoms with Gasteiger partial charge in [0.2, 0.25) is 0 Å². The third-order valence-electron chi connectivity index (χ3n) is 3.16. The molecule has 4 nitrogen and oxygen atoms in total. The van der Waals surface area contributed by atoms with Crippen molar-refractivity contribution >= 4 is 17.5 Å². The van der Waals surface area contributed by atoms with E-state index < -0.39 is 6.10 Å². The molecule has 5 heteroatoms. The van der Waals surface area contributed by atoms with Crippen LogP contribution < -0.4 is 14.8 Å². The molecular weight excluding hydrogens is 314 g/mol. The van der Waals surface area contributed by atoms with E-state index >= 15 is 0 Å². The van der Waals surface area contributed by atoms with E-state index in [9.17, 15) is 4.79 Å². The van der Waals surface area contributed by atoms with E-state index in [1.807, 2.05) is 31.2 Å². The fourth-order valence-corrected chi connectivity index (χ4v) is 2.09. The molecule has 0 aliphatic carbocycles. The van der Waals surface area contributed by atoms with Crippen LogP contribution >= 0.6 is 11.6 Å². The molecule has 0 aliphatic heterocycles. The lowest BCUT2D eigenvalue weighted by molar-refractivity contribution is -0.127. The van der Waals surface area contributed by atoms with Gasteiger partial charge in [0.05, 0.1) is 6.54 Å². The highest BCUT2D eigenvalue weighted by molar-refractivity contribution is 6.30. The van der Waals surface area contributed by atoms with E-state index in [2.05, 4.69) is 5.32 Å². The average molecular weight is 334 g/mol. The van der Waals surface area contributed by atoms with Gasteiger partial charge in [-0.2, -0.15) is 0 Å². The molecule has 1 atom stereocenters. The maximum absolute atomic E-state index is 12.0. The Morgan fingerprint density at radius 3 is 2.61 bits per heavy atom. The minimum Gasteiger partial charge on any atom is -0.492 e. The van der Waals surface area contributed by atoms with E-state index in [0.29, 0.717) is 29.7 Å². The van der Waals surface area contributed by atoms with Crippen LogP contribution in [0.2, 0.25) is 5.02 Å². The first kappa shape index (κ1) is 17.2. The molecule has 23 heavy (non-hydrogen) atoms.